The van der Waals surface area contributed by atoms with Gasteiger partial charge >= 0.3 is 5.69 Å². The lowest BCUT2D eigenvalue weighted by atomic mass is 9.83. The SMILES string of the molecule is CC[C@@H]1CCCC[C@H]1NC(=O)c1cnc2c(c1)c(=O)n(C)c(=O)n2C. The lowest BCUT2D eigenvalue weighted by Gasteiger charge is -2.31. The average molecular weight is 344 g/mol. The van der Waals surface area contributed by atoms with Crippen LogP contribution in [0.25, 0.3) is 11.0 Å². The van der Waals surface area contributed by atoms with E-state index < -0.39 is 11.2 Å². The van der Waals surface area contributed by atoms with Gasteiger partial charge in [-0.25, -0.2) is 9.78 Å². The molecule has 0 radical (unpaired) electrons. The third kappa shape index (κ3) is 3.10. The Morgan fingerprint density at radius 1 is 1.24 bits per heavy atom. The molecule has 1 amide bonds. The Hall–Kier alpha value is -2.44. The predicted octanol–water partition coefficient (Wildman–Crippen LogP) is 1.33. The molecule has 1 saturated carbocycles. The molecule has 2 aromatic heterocycles. The molecule has 7 heteroatoms. The molecule has 0 saturated heterocycles. The smallest absolute Gasteiger partial charge is 0.332 e. The molecule has 7 nitrogen and oxygen atoms in total. The standard InChI is InChI=1S/C18H24N4O3/c1-4-11-7-5-6-8-14(11)20-16(23)12-9-13-15(19-10-12)21(2)18(25)22(3)17(13)24/h9-11,14H,4-8H2,1-3H3,(H,20,23)/t11-,14-/m1/s1. The fourth-order valence-corrected chi connectivity index (χ4v) is 3.73. The summed E-state index contributed by atoms with van der Waals surface area (Å²) in [6.07, 6.45) is 6.94. The van der Waals surface area contributed by atoms with E-state index in [-0.39, 0.29) is 23.0 Å². The number of hydrogen-bond donors (Lipinski definition) is 1. The highest BCUT2D eigenvalue weighted by atomic mass is 16.2. The molecule has 1 fully saturated rings. The van der Waals surface area contributed by atoms with E-state index in [0.29, 0.717) is 11.5 Å². The van der Waals surface area contributed by atoms with Crippen LogP contribution in [0.3, 0.4) is 0 Å². The van der Waals surface area contributed by atoms with E-state index in [0.717, 1.165) is 30.3 Å². The fourth-order valence-electron chi connectivity index (χ4n) is 3.73. The highest BCUT2D eigenvalue weighted by Crippen LogP contribution is 2.27. The van der Waals surface area contributed by atoms with Crippen LogP contribution < -0.4 is 16.6 Å². The van der Waals surface area contributed by atoms with Crippen LogP contribution in [0, 0.1) is 5.92 Å². The van der Waals surface area contributed by atoms with E-state index in [1.807, 2.05) is 0 Å². The molecule has 0 spiro atoms. The Morgan fingerprint density at radius 2 is 1.96 bits per heavy atom. The molecular weight excluding hydrogens is 320 g/mol. The average Bonchev–Trinajstić information content (AvgIpc) is 2.64. The van der Waals surface area contributed by atoms with Gasteiger partial charge in [0.05, 0.1) is 10.9 Å². The number of pyridine rings is 1. The van der Waals surface area contributed by atoms with Gasteiger partial charge in [-0.05, 0) is 24.8 Å². The molecule has 1 aliphatic rings. The zero-order valence-electron chi connectivity index (χ0n) is 14.9. The van der Waals surface area contributed by atoms with E-state index in [2.05, 4.69) is 17.2 Å². The van der Waals surface area contributed by atoms with Gasteiger partial charge in [0, 0.05) is 26.3 Å². The Labute approximate surface area is 145 Å². The molecule has 2 heterocycles. The van der Waals surface area contributed by atoms with E-state index in [1.54, 1.807) is 7.05 Å². The van der Waals surface area contributed by atoms with Crippen LogP contribution in [-0.4, -0.2) is 26.1 Å². The maximum Gasteiger partial charge on any atom is 0.332 e. The molecule has 3 rings (SSSR count). The van der Waals surface area contributed by atoms with Gasteiger partial charge in [0.1, 0.15) is 5.65 Å². The number of amides is 1. The number of fused-ring (bicyclic) bond motifs is 1. The molecule has 0 aliphatic heterocycles. The molecule has 2 atom stereocenters. The summed E-state index contributed by atoms with van der Waals surface area (Å²) in [5, 5.41) is 3.38. The Balaban J connectivity index is 1.95. The van der Waals surface area contributed by atoms with Crippen LogP contribution in [0.1, 0.15) is 49.4 Å². The van der Waals surface area contributed by atoms with Crippen molar-refractivity contribution in [2.24, 2.45) is 20.0 Å². The van der Waals surface area contributed by atoms with E-state index in [1.165, 1.54) is 30.3 Å². The number of hydrogen-bond acceptors (Lipinski definition) is 4. The van der Waals surface area contributed by atoms with Gasteiger partial charge in [-0.3, -0.25) is 18.7 Å². The topological polar surface area (TPSA) is 86.0 Å². The lowest BCUT2D eigenvalue weighted by molar-refractivity contribution is 0.0904. The number of aryl methyl sites for hydroxylation is 1. The Morgan fingerprint density at radius 3 is 2.68 bits per heavy atom. The molecule has 0 aromatic carbocycles. The quantitative estimate of drug-likeness (QED) is 0.910. The van der Waals surface area contributed by atoms with Crippen molar-refractivity contribution in [3.63, 3.8) is 0 Å². The van der Waals surface area contributed by atoms with Crippen molar-refractivity contribution in [2.45, 2.75) is 45.1 Å². The molecule has 134 valence electrons. The first-order chi connectivity index (χ1) is 11.9. The van der Waals surface area contributed by atoms with Crippen LogP contribution in [0.5, 0.6) is 0 Å². The lowest BCUT2D eigenvalue weighted by Crippen LogP contribution is -2.42. The normalized spacial score (nSPS) is 20.6. The second kappa shape index (κ2) is 6.82. The minimum absolute atomic E-state index is 0.171. The minimum Gasteiger partial charge on any atom is -0.349 e. The zero-order valence-corrected chi connectivity index (χ0v) is 14.9. The van der Waals surface area contributed by atoms with E-state index in [4.69, 9.17) is 0 Å². The highest BCUT2D eigenvalue weighted by Gasteiger charge is 2.25. The summed E-state index contributed by atoms with van der Waals surface area (Å²) in [7, 11) is 2.98. The van der Waals surface area contributed by atoms with Crippen molar-refractivity contribution < 1.29 is 4.79 Å². The van der Waals surface area contributed by atoms with Crippen LogP contribution in [0.15, 0.2) is 21.9 Å². The first-order valence-corrected chi connectivity index (χ1v) is 8.80. The summed E-state index contributed by atoms with van der Waals surface area (Å²) < 4.78 is 2.34. The maximum atomic E-state index is 12.6. The highest BCUT2D eigenvalue weighted by molar-refractivity contribution is 5.96. The van der Waals surface area contributed by atoms with E-state index >= 15 is 0 Å². The van der Waals surface area contributed by atoms with Crippen molar-refractivity contribution in [1.82, 2.24) is 19.4 Å². The van der Waals surface area contributed by atoms with Crippen LogP contribution >= 0.6 is 0 Å². The molecular formula is C18H24N4O3. The Kier molecular flexibility index (Phi) is 4.74. The van der Waals surface area contributed by atoms with Crippen LogP contribution in [0.4, 0.5) is 0 Å². The second-order valence-electron chi connectivity index (χ2n) is 6.83. The van der Waals surface area contributed by atoms with Gasteiger partial charge in [-0.1, -0.05) is 26.2 Å². The van der Waals surface area contributed by atoms with Gasteiger partial charge < -0.3 is 5.32 Å². The number of nitrogens with one attached hydrogen (secondary N) is 1. The molecule has 25 heavy (non-hydrogen) atoms. The molecule has 1 N–H and O–H groups in total. The summed E-state index contributed by atoms with van der Waals surface area (Å²) in [6, 6.07) is 1.70. The van der Waals surface area contributed by atoms with Gasteiger partial charge in [0.15, 0.2) is 0 Å². The van der Waals surface area contributed by atoms with Gasteiger partial charge in [0.2, 0.25) is 0 Å². The van der Waals surface area contributed by atoms with E-state index in [9.17, 15) is 14.4 Å². The van der Waals surface area contributed by atoms with Crippen LogP contribution in [-0.2, 0) is 14.1 Å². The van der Waals surface area contributed by atoms with Gasteiger partial charge in [-0.2, -0.15) is 0 Å². The molecule has 1 aliphatic carbocycles. The number of nitrogens with zero attached hydrogens (tertiary/aromatic N) is 3. The third-order valence-electron chi connectivity index (χ3n) is 5.31. The number of carbonyl (C=O) groups is 1. The number of rotatable bonds is 3. The van der Waals surface area contributed by atoms with Crippen molar-refractivity contribution in [1.29, 1.82) is 0 Å². The van der Waals surface area contributed by atoms with Crippen LogP contribution in [0.2, 0.25) is 0 Å². The molecule has 2 aromatic rings. The predicted molar refractivity (Wildman–Crippen MR) is 95.7 cm³/mol. The number of carbonyl (C=O) groups excluding carboxylic acids is 1. The summed E-state index contributed by atoms with van der Waals surface area (Å²) in [6.45, 7) is 2.15. The summed E-state index contributed by atoms with van der Waals surface area (Å²) in [4.78, 5) is 41.1. The molecule has 0 bridgehead atoms. The van der Waals surface area contributed by atoms with Crippen molar-refractivity contribution in [3.05, 3.63) is 38.7 Å². The third-order valence-corrected chi connectivity index (χ3v) is 5.31. The zero-order chi connectivity index (χ0) is 18.1. The van der Waals surface area contributed by atoms with Crippen molar-refractivity contribution in [2.75, 3.05) is 0 Å². The van der Waals surface area contributed by atoms with Crippen molar-refractivity contribution >= 4 is 16.9 Å². The second-order valence-corrected chi connectivity index (χ2v) is 6.83. The largest absolute Gasteiger partial charge is 0.349 e. The van der Waals surface area contributed by atoms with Crippen molar-refractivity contribution in [3.8, 4) is 0 Å². The van der Waals surface area contributed by atoms with Gasteiger partial charge in [-0.15, -0.1) is 0 Å². The summed E-state index contributed by atoms with van der Waals surface area (Å²) >= 11 is 0. The summed E-state index contributed by atoms with van der Waals surface area (Å²) in [5.74, 6) is 0.287. The molecule has 0 unspecified atom stereocenters. The summed E-state index contributed by atoms with van der Waals surface area (Å²) in [5.41, 5.74) is -0.239. The maximum absolute atomic E-state index is 12.6. The van der Waals surface area contributed by atoms with Gasteiger partial charge in [0.25, 0.3) is 11.5 Å². The monoisotopic (exact) mass is 344 g/mol. The first-order valence-electron chi connectivity index (χ1n) is 8.80. The Bertz CT molecular complexity index is 928. The minimum atomic E-state index is -0.440. The first kappa shape index (κ1) is 17.4. The number of aromatic nitrogens is 3. The fraction of sp³-hybridized carbons (Fsp3) is 0.556.